The lowest BCUT2D eigenvalue weighted by Crippen LogP contribution is -2.63. The molecule has 9 rings (SSSR count). The van der Waals surface area contributed by atoms with E-state index in [1.54, 1.807) is 30.6 Å². The molecule has 3 aromatic heterocycles. The summed E-state index contributed by atoms with van der Waals surface area (Å²) >= 11 is 0. The first-order valence-corrected chi connectivity index (χ1v) is 24.4. The van der Waals surface area contributed by atoms with Gasteiger partial charge in [-0.3, -0.25) is 19.8 Å². The highest BCUT2D eigenvalue weighted by Gasteiger charge is 2.49. The van der Waals surface area contributed by atoms with Gasteiger partial charge in [0.25, 0.3) is 15.9 Å². The number of amides is 1. The molecule has 2 saturated heterocycles. The van der Waals surface area contributed by atoms with Crippen molar-refractivity contribution in [1.29, 1.82) is 0 Å². The Morgan fingerprint density at radius 2 is 1.73 bits per heavy atom. The SMILES string of the molecule is CC(C)c1ccccc1[C@H]1CCC[C@@H]1N1CC2(CCN(c3ccc(C(=O)NS(=O)(=O)c4cnc(NCC5CCC(C)(C)CC5)c([N+](=O)[O-])c4)c(Oc4cnc5[nH]ccc5c4)c3)CC2)C1. The second-order valence-electron chi connectivity index (χ2n) is 19.9. The van der Waals surface area contributed by atoms with Crippen LogP contribution < -0.4 is 19.7 Å². The van der Waals surface area contributed by atoms with Gasteiger partial charge in [-0.1, -0.05) is 58.4 Å². The number of likely N-dealkylation sites (tertiary alicyclic amines) is 1. The van der Waals surface area contributed by atoms with Crippen LogP contribution in [0.25, 0.3) is 11.0 Å². The zero-order valence-corrected chi connectivity index (χ0v) is 38.1. The summed E-state index contributed by atoms with van der Waals surface area (Å²) in [6.07, 6.45) is 14.3. The van der Waals surface area contributed by atoms with Crippen LogP contribution in [-0.2, 0) is 10.0 Å². The van der Waals surface area contributed by atoms with E-state index >= 15 is 0 Å². The molecular weight excluding hydrogens is 829 g/mol. The van der Waals surface area contributed by atoms with E-state index in [2.05, 4.69) is 86.8 Å². The number of carbonyl (C=O) groups excluding carboxylic acids is 1. The van der Waals surface area contributed by atoms with Crippen molar-refractivity contribution in [1.82, 2.24) is 24.6 Å². The molecule has 338 valence electrons. The second kappa shape index (κ2) is 17.4. The number of pyridine rings is 2. The van der Waals surface area contributed by atoms with Gasteiger partial charge in [-0.05, 0) is 115 Å². The summed E-state index contributed by atoms with van der Waals surface area (Å²) in [4.78, 5) is 41.7. The number of nitrogens with one attached hydrogen (secondary N) is 3. The van der Waals surface area contributed by atoms with Crippen LogP contribution in [0, 0.1) is 26.9 Å². The number of anilines is 2. The summed E-state index contributed by atoms with van der Waals surface area (Å²) in [6, 6.07) is 19.4. The van der Waals surface area contributed by atoms with Crippen molar-refractivity contribution in [2.75, 3.05) is 42.9 Å². The highest BCUT2D eigenvalue weighted by molar-refractivity contribution is 7.90. The van der Waals surface area contributed by atoms with E-state index in [1.165, 1.54) is 30.4 Å². The number of aromatic amines is 1. The number of nitrogens with zero attached hydrogens (tertiary/aromatic N) is 5. The van der Waals surface area contributed by atoms with Gasteiger partial charge >= 0.3 is 5.69 Å². The van der Waals surface area contributed by atoms with Crippen LogP contribution in [-0.4, -0.2) is 77.9 Å². The lowest BCUT2D eigenvalue weighted by Gasteiger charge is -2.57. The summed E-state index contributed by atoms with van der Waals surface area (Å²) in [7, 11) is -4.60. The van der Waals surface area contributed by atoms with E-state index in [-0.39, 0.29) is 28.0 Å². The predicted molar refractivity (Wildman–Crippen MR) is 249 cm³/mol. The smallest absolute Gasteiger partial charge is 0.312 e. The van der Waals surface area contributed by atoms with Crippen LogP contribution >= 0.6 is 0 Å². The van der Waals surface area contributed by atoms with Crippen LogP contribution in [0.1, 0.15) is 119 Å². The molecule has 4 fully saturated rings. The van der Waals surface area contributed by atoms with Gasteiger partial charge in [0.05, 0.1) is 22.9 Å². The summed E-state index contributed by atoms with van der Waals surface area (Å²) in [5.41, 5.74) is 4.59. The van der Waals surface area contributed by atoms with E-state index in [9.17, 15) is 23.3 Å². The molecule has 15 heteroatoms. The minimum Gasteiger partial charge on any atom is -0.455 e. The van der Waals surface area contributed by atoms with Crippen LogP contribution in [0.3, 0.4) is 0 Å². The molecule has 0 radical (unpaired) electrons. The molecule has 2 saturated carbocycles. The number of ether oxygens (including phenoxy) is 1. The third kappa shape index (κ3) is 9.06. The normalized spacial score (nSPS) is 21.2. The molecule has 1 amide bonds. The highest BCUT2D eigenvalue weighted by atomic mass is 32.2. The Bertz CT molecular complexity index is 2640. The van der Waals surface area contributed by atoms with Gasteiger partial charge in [-0.25, -0.2) is 23.1 Å². The Hall–Kier alpha value is -5.54. The molecule has 2 aliphatic heterocycles. The largest absolute Gasteiger partial charge is 0.455 e. The molecule has 5 heterocycles. The lowest BCUT2D eigenvalue weighted by atomic mass is 9.70. The van der Waals surface area contributed by atoms with Crippen molar-refractivity contribution in [2.45, 2.75) is 108 Å². The van der Waals surface area contributed by atoms with Crippen molar-refractivity contribution < 1.29 is 22.9 Å². The van der Waals surface area contributed by atoms with Crippen molar-refractivity contribution in [3.05, 3.63) is 106 Å². The van der Waals surface area contributed by atoms with E-state index < -0.39 is 31.4 Å². The Kier molecular flexibility index (Phi) is 11.9. The maximum atomic E-state index is 14.0. The summed E-state index contributed by atoms with van der Waals surface area (Å²) in [6.45, 7) is 13.5. The predicted octanol–water partition coefficient (Wildman–Crippen LogP) is 9.77. The molecule has 5 aromatic rings. The van der Waals surface area contributed by atoms with Gasteiger partial charge in [0.2, 0.25) is 5.82 Å². The molecule has 1 spiro atoms. The number of carbonyl (C=O) groups is 1. The minimum atomic E-state index is -4.60. The molecular formula is C49H60N8O6S. The van der Waals surface area contributed by atoms with Crippen molar-refractivity contribution in [2.24, 2.45) is 16.7 Å². The van der Waals surface area contributed by atoms with E-state index in [1.807, 2.05) is 12.1 Å². The maximum absolute atomic E-state index is 14.0. The van der Waals surface area contributed by atoms with Crippen LogP contribution in [0.2, 0.25) is 0 Å². The topological polar surface area (TPSA) is 176 Å². The van der Waals surface area contributed by atoms with E-state index in [4.69, 9.17) is 4.74 Å². The molecule has 0 unspecified atom stereocenters. The van der Waals surface area contributed by atoms with Gasteiger partial charge in [-0.2, -0.15) is 0 Å². The van der Waals surface area contributed by atoms with Crippen molar-refractivity contribution >= 4 is 44.2 Å². The number of H-pyrrole nitrogens is 1. The molecule has 2 aromatic carbocycles. The zero-order valence-electron chi connectivity index (χ0n) is 37.3. The summed E-state index contributed by atoms with van der Waals surface area (Å²) in [5.74, 6) is 0.976. The molecule has 64 heavy (non-hydrogen) atoms. The molecule has 4 aliphatic rings. The average Bonchev–Trinajstić information content (AvgIpc) is 3.95. The van der Waals surface area contributed by atoms with Gasteiger partial charge in [0.1, 0.15) is 22.0 Å². The second-order valence-corrected chi connectivity index (χ2v) is 21.6. The number of aromatic nitrogens is 3. The average molecular weight is 889 g/mol. The Morgan fingerprint density at radius 1 is 0.969 bits per heavy atom. The number of fused-ring (bicyclic) bond motifs is 1. The first kappa shape index (κ1) is 43.7. The molecule has 0 bridgehead atoms. The van der Waals surface area contributed by atoms with Crippen LogP contribution in [0.15, 0.2) is 84.1 Å². The number of piperidine rings is 1. The fourth-order valence-corrected chi connectivity index (χ4v) is 11.7. The highest BCUT2D eigenvalue weighted by Crippen LogP contribution is 2.49. The fraction of sp³-hybridized carbons (Fsp3) is 0.490. The summed E-state index contributed by atoms with van der Waals surface area (Å²) in [5, 5.41) is 16.0. The number of benzene rings is 2. The monoisotopic (exact) mass is 888 g/mol. The quantitative estimate of drug-likeness (QED) is 0.0758. The fourth-order valence-electron chi connectivity index (χ4n) is 10.8. The van der Waals surface area contributed by atoms with Crippen molar-refractivity contribution in [3.8, 4) is 11.5 Å². The number of hydrogen-bond donors (Lipinski definition) is 3. The summed E-state index contributed by atoms with van der Waals surface area (Å²) < 4.78 is 35.9. The van der Waals surface area contributed by atoms with Crippen LogP contribution in [0.5, 0.6) is 11.5 Å². The van der Waals surface area contributed by atoms with Gasteiger partial charge in [-0.15, -0.1) is 0 Å². The molecule has 2 aliphatic carbocycles. The van der Waals surface area contributed by atoms with E-state index in [0.717, 1.165) is 88.0 Å². The minimum absolute atomic E-state index is 0.0108. The zero-order chi connectivity index (χ0) is 44.8. The maximum Gasteiger partial charge on any atom is 0.312 e. The van der Waals surface area contributed by atoms with Crippen LogP contribution in [0.4, 0.5) is 17.2 Å². The Labute approximate surface area is 375 Å². The number of rotatable bonds is 13. The van der Waals surface area contributed by atoms with Gasteiger partial charge in [0, 0.05) is 68.2 Å². The van der Waals surface area contributed by atoms with Gasteiger partial charge < -0.3 is 19.9 Å². The van der Waals surface area contributed by atoms with Crippen molar-refractivity contribution in [3.63, 3.8) is 0 Å². The molecule has 14 nitrogen and oxygen atoms in total. The van der Waals surface area contributed by atoms with Gasteiger partial charge in [0.15, 0.2) is 0 Å². The first-order chi connectivity index (χ1) is 30.7. The Morgan fingerprint density at radius 3 is 2.48 bits per heavy atom. The first-order valence-electron chi connectivity index (χ1n) is 22.9. The Balaban J connectivity index is 0.895. The number of sulfonamides is 1. The number of nitro groups is 1. The third-order valence-corrected chi connectivity index (χ3v) is 15.9. The molecule has 3 N–H and O–H groups in total. The molecule has 2 atom stereocenters. The third-order valence-electron chi connectivity index (χ3n) is 14.6. The lowest BCUT2D eigenvalue weighted by molar-refractivity contribution is -0.384. The number of hydrogen-bond acceptors (Lipinski definition) is 11. The standard InChI is InChI=1S/C49H60N8O6S/c1-32(2)38-8-5-6-9-39(38)40-10-7-11-42(40)56-30-49(31-56)19-22-55(23-20-49)35-12-13-41(44(25-35)63-36-24-34-16-21-50-45(34)52-28-36)47(58)54-64(61,62)37-26-43(57(59)60)46(53-29-37)51-27-33-14-17-48(3,4)18-15-33/h5-6,8-9,12-13,16,21,24-26,28-29,32-33,40,42H,7,10-11,14-15,17-20,22-23,27,30-31H2,1-4H3,(H,50,52)(H,51,53)(H,54,58)/t40-,42+/m1/s1. The van der Waals surface area contributed by atoms with E-state index in [0.29, 0.717) is 41.7 Å².